The Balaban J connectivity index is 1.83. The third-order valence-electron chi connectivity index (χ3n) is 6.48. The van der Waals surface area contributed by atoms with Crippen molar-refractivity contribution in [3.8, 4) is 0 Å². The van der Waals surface area contributed by atoms with E-state index in [1.807, 2.05) is 20.2 Å². The summed E-state index contributed by atoms with van der Waals surface area (Å²) in [4.78, 5) is 34.7. The van der Waals surface area contributed by atoms with Crippen molar-refractivity contribution in [3.63, 3.8) is 0 Å². The molecule has 0 bridgehead atoms. The SMILES string of the molecule is CN(C)Cc1ccc2nc([C@@H](NC(=O)[C@H](CC3CCCC3)CN(O)C=O)C(C)(C)C)[nH]c2c1. The predicted octanol–water partition coefficient (Wildman–Crippen LogP) is 3.87. The maximum atomic E-state index is 13.4. The van der Waals surface area contributed by atoms with Gasteiger partial charge in [0.15, 0.2) is 0 Å². The van der Waals surface area contributed by atoms with Crippen LogP contribution in [-0.2, 0) is 16.1 Å². The lowest BCUT2D eigenvalue weighted by atomic mass is 9.85. The topological polar surface area (TPSA) is 102 Å². The van der Waals surface area contributed by atoms with Crippen LogP contribution < -0.4 is 5.32 Å². The van der Waals surface area contributed by atoms with Gasteiger partial charge in [0.05, 0.1) is 29.5 Å². The molecule has 3 N–H and O–H groups in total. The molecule has 1 aliphatic rings. The number of fused-ring (bicyclic) bond motifs is 1. The number of hydrogen-bond acceptors (Lipinski definition) is 5. The Bertz CT molecular complexity index is 943. The van der Waals surface area contributed by atoms with Gasteiger partial charge in [-0.2, -0.15) is 0 Å². The summed E-state index contributed by atoms with van der Waals surface area (Å²) in [5, 5.41) is 13.6. The summed E-state index contributed by atoms with van der Waals surface area (Å²) in [6.07, 6.45) is 5.57. The molecule has 1 fully saturated rings. The molecular weight excluding hydrogens is 418 g/mol. The summed E-state index contributed by atoms with van der Waals surface area (Å²) < 4.78 is 0. The number of hydroxylamine groups is 2. The summed E-state index contributed by atoms with van der Waals surface area (Å²) in [6, 6.07) is 5.84. The summed E-state index contributed by atoms with van der Waals surface area (Å²) in [6.45, 7) is 7.03. The summed E-state index contributed by atoms with van der Waals surface area (Å²) in [5.74, 6) is 0.541. The van der Waals surface area contributed by atoms with Crippen LogP contribution in [0.5, 0.6) is 0 Å². The molecule has 0 spiro atoms. The molecular formula is C25H39N5O3. The predicted molar refractivity (Wildman–Crippen MR) is 128 cm³/mol. The first kappa shape index (κ1) is 25.2. The van der Waals surface area contributed by atoms with Crippen LogP contribution in [0, 0.1) is 17.3 Å². The zero-order valence-electron chi connectivity index (χ0n) is 20.6. The van der Waals surface area contributed by atoms with Crippen LogP contribution in [-0.4, -0.2) is 58.1 Å². The average Bonchev–Trinajstić information content (AvgIpc) is 3.39. The highest BCUT2D eigenvalue weighted by atomic mass is 16.5. The molecule has 1 heterocycles. The summed E-state index contributed by atoms with van der Waals surface area (Å²) >= 11 is 0. The number of rotatable bonds is 10. The van der Waals surface area contributed by atoms with Gasteiger partial charge in [0.2, 0.25) is 12.3 Å². The van der Waals surface area contributed by atoms with E-state index in [4.69, 9.17) is 4.98 Å². The largest absolute Gasteiger partial charge is 0.345 e. The molecule has 3 rings (SSSR count). The van der Waals surface area contributed by atoms with Crippen molar-refractivity contribution in [2.45, 2.75) is 65.5 Å². The van der Waals surface area contributed by atoms with Gasteiger partial charge >= 0.3 is 0 Å². The van der Waals surface area contributed by atoms with E-state index in [0.29, 0.717) is 29.6 Å². The zero-order valence-corrected chi connectivity index (χ0v) is 20.6. The van der Waals surface area contributed by atoms with Gasteiger partial charge in [0, 0.05) is 6.54 Å². The highest BCUT2D eigenvalue weighted by molar-refractivity contribution is 5.80. The van der Waals surface area contributed by atoms with Crippen LogP contribution in [0.3, 0.4) is 0 Å². The van der Waals surface area contributed by atoms with E-state index in [1.54, 1.807) is 0 Å². The first-order chi connectivity index (χ1) is 15.6. The van der Waals surface area contributed by atoms with Crippen LogP contribution in [0.25, 0.3) is 11.0 Å². The van der Waals surface area contributed by atoms with Crippen LogP contribution >= 0.6 is 0 Å². The molecule has 0 radical (unpaired) electrons. The first-order valence-electron chi connectivity index (χ1n) is 11.9. The third-order valence-corrected chi connectivity index (χ3v) is 6.48. The quantitative estimate of drug-likeness (QED) is 0.286. The number of nitrogens with zero attached hydrogens (tertiary/aromatic N) is 3. The summed E-state index contributed by atoms with van der Waals surface area (Å²) in [7, 11) is 4.07. The average molecular weight is 458 g/mol. The van der Waals surface area contributed by atoms with E-state index in [2.05, 4.69) is 48.1 Å². The first-order valence-corrected chi connectivity index (χ1v) is 11.9. The van der Waals surface area contributed by atoms with E-state index >= 15 is 0 Å². The van der Waals surface area contributed by atoms with Crippen LogP contribution in [0.2, 0.25) is 0 Å². The van der Waals surface area contributed by atoms with Crippen molar-refractivity contribution in [1.82, 2.24) is 25.2 Å². The molecule has 0 unspecified atom stereocenters. The molecule has 2 amide bonds. The minimum absolute atomic E-state index is 0.00325. The van der Waals surface area contributed by atoms with Gasteiger partial charge < -0.3 is 15.2 Å². The Kier molecular flexibility index (Phi) is 8.13. The Morgan fingerprint density at radius 2 is 2.00 bits per heavy atom. The Morgan fingerprint density at radius 3 is 2.61 bits per heavy atom. The van der Waals surface area contributed by atoms with Gasteiger partial charge in [0.25, 0.3) is 0 Å². The van der Waals surface area contributed by atoms with Gasteiger partial charge in [-0.05, 0) is 49.5 Å². The molecule has 1 aliphatic carbocycles. The van der Waals surface area contributed by atoms with E-state index in [1.165, 1.54) is 18.4 Å². The van der Waals surface area contributed by atoms with Gasteiger partial charge in [-0.15, -0.1) is 0 Å². The smallest absolute Gasteiger partial charge is 0.233 e. The molecule has 182 valence electrons. The fourth-order valence-corrected chi connectivity index (χ4v) is 4.81. The van der Waals surface area contributed by atoms with E-state index in [0.717, 1.165) is 30.4 Å². The van der Waals surface area contributed by atoms with E-state index in [9.17, 15) is 14.8 Å². The van der Waals surface area contributed by atoms with Crippen LogP contribution in [0.4, 0.5) is 0 Å². The Hall–Kier alpha value is -2.45. The van der Waals surface area contributed by atoms with Crippen molar-refractivity contribution in [2.24, 2.45) is 17.3 Å². The summed E-state index contributed by atoms with van der Waals surface area (Å²) in [5.41, 5.74) is 2.70. The lowest BCUT2D eigenvalue weighted by Gasteiger charge is -2.32. The second kappa shape index (κ2) is 10.7. The molecule has 0 aliphatic heterocycles. The molecule has 2 atom stereocenters. The lowest BCUT2D eigenvalue weighted by molar-refractivity contribution is -0.155. The second-order valence-electron chi connectivity index (χ2n) is 10.8. The molecule has 33 heavy (non-hydrogen) atoms. The third kappa shape index (κ3) is 6.77. The number of carbonyl (C=O) groups excluding carboxylic acids is 2. The molecule has 1 aromatic heterocycles. The molecule has 1 aromatic carbocycles. The number of hydrogen-bond donors (Lipinski definition) is 3. The van der Waals surface area contributed by atoms with Crippen LogP contribution in [0.15, 0.2) is 18.2 Å². The maximum Gasteiger partial charge on any atom is 0.233 e. The Morgan fingerprint density at radius 1 is 1.30 bits per heavy atom. The zero-order chi connectivity index (χ0) is 24.2. The van der Waals surface area contributed by atoms with Crippen molar-refractivity contribution < 1.29 is 14.8 Å². The van der Waals surface area contributed by atoms with Crippen LogP contribution in [0.1, 0.15) is 70.3 Å². The number of H-pyrrole nitrogens is 1. The normalized spacial score (nSPS) is 16.8. The lowest BCUT2D eigenvalue weighted by Crippen LogP contribution is -2.43. The number of aromatic amines is 1. The number of amides is 2. The van der Waals surface area contributed by atoms with Crippen molar-refractivity contribution >= 4 is 23.4 Å². The minimum Gasteiger partial charge on any atom is -0.345 e. The Labute approximate surface area is 196 Å². The highest BCUT2D eigenvalue weighted by Crippen LogP contribution is 2.34. The van der Waals surface area contributed by atoms with Crippen molar-refractivity contribution in [3.05, 3.63) is 29.6 Å². The highest BCUT2D eigenvalue weighted by Gasteiger charge is 2.34. The molecule has 0 saturated heterocycles. The monoisotopic (exact) mass is 457 g/mol. The number of benzene rings is 1. The molecule has 8 heteroatoms. The maximum absolute atomic E-state index is 13.4. The molecule has 2 aromatic rings. The second-order valence-corrected chi connectivity index (χ2v) is 10.8. The van der Waals surface area contributed by atoms with E-state index in [-0.39, 0.29) is 23.9 Å². The number of carbonyl (C=O) groups is 2. The number of nitrogens with one attached hydrogen (secondary N) is 2. The van der Waals surface area contributed by atoms with Gasteiger partial charge in [0.1, 0.15) is 5.82 Å². The molecule has 8 nitrogen and oxygen atoms in total. The fourth-order valence-electron chi connectivity index (χ4n) is 4.81. The number of imidazole rings is 1. The number of aromatic nitrogens is 2. The van der Waals surface area contributed by atoms with E-state index < -0.39 is 5.92 Å². The standard InChI is InChI=1S/C25H39N5O3/c1-25(2,3)22(23-26-20-11-10-18(14-29(4)5)13-21(20)27-23)28-24(32)19(15-30(33)16-31)12-17-8-6-7-9-17/h10-11,13,16-17,19,22,33H,6-9,12,14-15H2,1-5H3,(H,26,27)(H,28,32)/t19-,22-/m1/s1. The van der Waals surface area contributed by atoms with Gasteiger partial charge in [-0.3, -0.25) is 14.8 Å². The minimum atomic E-state index is -0.468. The molecule has 1 saturated carbocycles. The van der Waals surface area contributed by atoms with Crippen molar-refractivity contribution in [1.29, 1.82) is 0 Å². The van der Waals surface area contributed by atoms with Gasteiger partial charge in [-0.1, -0.05) is 52.5 Å². The van der Waals surface area contributed by atoms with Gasteiger partial charge in [-0.25, -0.2) is 10.0 Å². The fraction of sp³-hybridized carbons (Fsp3) is 0.640. The van der Waals surface area contributed by atoms with Crippen molar-refractivity contribution in [2.75, 3.05) is 20.6 Å².